The molecule has 0 radical (unpaired) electrons. The zero-order valence-electron chi connectivity index (χ0n) is 8.78. The Balaban J connectivity index is 2.27. The van der Waals surface area contributed by atoms with E-state index >= 15 is 0 Å². The van der Waals surface area contributed by atoms with E-state index in [0.717, 1.165) is 34.9 Å². The maximum atomic E-state index is 9.28. The van der Waals surface area contributed by atoms with Crippen molar-refractivity contribution < 1.29 is 5.11 Å². The molecule has 0 spiro atoms. The van der Waals surface area contributed by atoms with Crippen LogP contribution in [0.5, 0.6) is 0 Å². The van der Waals surface area contributed by atoms with Crippen LogP contribution < -0.4 is 4.90 Å². The minimum atomic E-state index is 0.0483. The summed E-state index contributed by atoms with van der Waals surface area (Å²) in [5, 5.41) is 9.28. The number of pyridine rings is 1. The van der Waals surface area contributed by atoms with Crippen LogP contribution in [-0.4, -0.2) is 23.2 Å². The van der Waals surface area contributed by atoms with Gasteiger partial charge in [-0.3, -0.25) is 0 Å². The van der Waals surface area contributed by atoms with E-state index < -0.39 is 0 Å². The third-order valence-electron chi connectivity index (χ3n) is 2.80. The fraction of sp³-hybridized carbons (Fsp3) is 0.545. The second-order valence-corrected chi connectivity index (χ2v) is 5.05. The number of rotatable bonds is 2. The number of aliphatic hydroxyl groups excluding tert-OH is 1. The van der Waals surface area contributed by atoms with Gasteiger partial charge in [0, 0.05) is 29.3 Å². The van der Waals surface area contributed by atoms with Crippen LogP contribution in [0.1, 0.15) is 18.9 Å². The first-order valence-electron chi connectivity index (χ1n) is 5.21. The van der Waals surface area contributed by atoms with Crippen LogP contribution in [0, 0.1) is 5.92 Å². The van der Waals surface area contributed by atoms with Gasteiger partial charge >= 0.3 is 0 Å². The van der Waals surface area contributed by atoms with Crippen LogP contribution in [0.3, 0.4) is 0 Å². The van der Waals surface area contributed by atoms with Gasteiger partial charge in [0.2, 0.25) is 0 Å². The van der Waals surface area contributed by atoms with E-state index in [0.29, 0.717) is 0 Å². The second-order valence-electron chi connectivity index (χ2n) is 4.13. The van der Waals surface area contributed by atoms with E-state index in [9.17, 15) is 5.11 Å². The molecular weight excluding hydrogens is 256 g/mol. The topological polar surface area (TPSA) is 36.4 Å². The molecule has 0 amide bonds. The Kier molecular flexibility index (Phi) is 3.26. The fourth-order valence-corrected chi connectivity index (χ4v) is 2.38. The number of aliphatic hydroxyl groups is 1. The first-order valence-corrected chi connectivity index (χ1v) is 6.00. The highest BCUT2D eigenvalue weighted by atomic mass is 79.9. The molecular formula is C11H15BrN2O. The summed E-state index contributed by atoms with van der Waals surface area (Å²) in [6.45, 7) is 4.38. The highest BCUT2D eigenvalue weighted by Crippen LogP contribution is 2.26. The monoisotopic (exact) mass is 270 g/mol. The molecule has 3 nitrogen and oxygen atoms in total. The number of nitrogens with zero attached hydrogens (tertiary/aromatic N) is 2. The molecule has 2 heterocycles. The smallest absolute Gasteiger partial charge is 0.134 e. The van der Waals surface area contributed by atoms with Crippen molar-refractivity contribution in [2.45, 2.75) is 20.0 Å². The van der Waals surface area contributed by atoms with Crippen molar-refractivity contribution in [2.24, 2.45) is 5.92 Å². The molecule has 0 bridgehead atoms. The van der Waals surface area contributed by atoms with Gasteiger partial charge in [-0.15, -0.1) is 0 Å². The van der Waals surface area contributed by atoms with E-state index in [1.165, 1.54) is 6.42 Å². The summed E-state index contributed by atoms with van der Waals surface area (Å²) in [6, 6.07) is 1.94. The molecule has 1 aliphatic heterocycles. The molecule has 1 fully saturated rings. The quantitative estimate of drug-likeness (QED) is 0.895. The Labute approximate surface area is 98.3 Å². The van der Waals surface area contributed by atoms with Gasteiger partial charge in [0.25, 0.3) is 0 Å². The first kappa shape index (κ1) is 10.9. The molecule has 1 saturated heterocycles. The molecule has 1 aliphatic rings. The Hall–Kier alpha value is -0.610. The average molecular weight is 271 g/mol. The third-order valence-corrected chi connectivity index (χ3v) is 3.24. The van der Waals surface area contributed by atoms with Gasteiger partial charge in [0.15, 0.2) is 0 Å². The summed E-state index contributed by atoms with van der Waals surface area (Å²) < 4.78 is 0.919. The van der Waals surface area contributed by atoms with Crippen molar-refractivity contribution in [3.8, 4) is 0 Å². The van der Waals surface area contributed by atoms with E-state index in [1.807, 2.05) is 6.07 Å². The van der Waals surface area contributed by atoms with Gasteiger partial charge in [-0.25, -0.2) is 4.98 Å². The highest BCUT2D eigenvalue weighted by Gasteiger charge is 2.21. The zero-order chi connectivity index (χ0) is 10.8. The molecule has 1 N–H and O–H groups in total. The lowest BCUT2D eigenvalue weighted by atomic mass is 10.2. The molecule has 1 aromatic rings. The minimum Gasteiger partial charge on any atom is -0.392 e. The molecule has 0 aromatic carbocycles. The van der Waals surface area contributed by atoms with Gasteiger partial charge in [-0.05, 0) is 34.3 Å². The van der Waals surface area contributed by atoms with Crippen LogP contribution in [-0.2, 0) is 6.61 Å². The van der Waals surface area contributed by atoms with Gasteiger partial charge in [0.1, 0.15) is 5.82 Å². The Bertz CT molecular complexity index is 356. The summed E-state index contributed by atoms with van der Waals surface area (Å²) in [5.41, 5.74) is 0.901. The zero-order valence-corrected chi connectivity index (χ0v) is 10.4. The predicted octanol–water partition coefficient (Wildman–Crippen LogP) is 2.18. The number of hydrogen-bond donors (Lipinski definition) is 1. The summed E-state index contributed by atoms with van der Waals surface area (Å²) in [7, 11) is 0. The number of anilines is 1. The maximum absolute atomic E-state index is 9.28. The summed E-state index contributed by atoms with van der Waals surface area (Å²) in [6.07, 6.45) is 3.00. The Morgan fingerprint density at radius 2 is 2.47 bits per heavy atom. The largest absolute Gasteiger partial charge is 0.392 e. The molecule has 82 valence electrons. The van der Waals surface area contributed by atoms with Crippen LogP contribution in [0.2, 0.25) is 0 Å². The van der Waals surface area contributed by atoms with E-state index in [1.54, 1.807) is 6.20 Å². The lowest BCUT2D eigenvalue weighted by Crippen LogP contribution is -2.21. The van der Waals surface area contributed by atoms with Crippen molar-refractivity contribution in [3.63, 3.8) is 0 Å². The highest BCUT2D eigenvalue weighted by molar-refractivity contribution is 9.10. The first-order chi connectivity index (χ1) is 7.20. The molecule has 15 heavy (non-hydrogen) atoms. The van der Waals surface area contributed by atoms with Gasteiger partial charge in [0.05, 0.1) is 6.61 Å². The summed E-state index contributed by atoms with van der Waals surface area (Å²) in [4.78, 5) is 6.64. The van der Waals surface area contributed by atoms with Crippen molar-refractivity contribution in [1.82, 2.24) is 4.98 Å². The SMILES string of the molecule is CC1CCN(c2ncc(Br)cc2CO)C1. The van der Waals surface area contributed by atoms with Crippen molar-refractivity contribution in [2.75, 3.05) is 18.0 Å². The molecule has 1 atom stereocenters. The average Bonchev–Trinajstić information content (AvgIpc) is 2.64. The standard InChI is InChI=1S/C11H15BrN2O/c1-8-2-3-14(6-8)11-9(7-15)4-10(12)5-13-11/h4-5,8,15H,2-3,6-7H2,1H3. The Morgan fingerprint density at radius 3 is 3.07 bits per heavy atom. The number of aromatic nitrogens is 1. The van der Waals surface area contributed by atoms with E-state index in [4.69, 9.17) is 0 Å². The second kappa shape index (κ2) is 4.49. The van der Waals surface area contributed by atoms with E-state index in [2.05, 4.69) is 32.7 Å². The molecule has 2 rings (SSSR count). The van der Waals surface area contributed by atoms with Gasteiger partial charge in [-0.2, -0.15) is 0 Å². The third kappa shape index (κ3) is 2.32. The molecule has 4 heteroatoms. The molecule has 0 aliphatic carbocycles. The molecule has 1 unspecified atom stereocenters. The van der Waals surface area contributed by atoms with Gasteiger partial charge in [-0.1, -0.05) is 6.92 Å². The van der Waals surface area contributed by atoms with Crippen LogP contribution >= 0.6 is 15.9 Å². The van der Waals surface area contributed by atoms with Crippen molar-refractivity contribution >= 4 is 21.7 Å². The number of hydrogen-bond acceptors (Lipinski definition) is 3. The van der Waals surface area contributed by atoms with Gasteiger partial charge < -0.3 is 10.0 Å². The molecule has 1 aromatic heterocycles. The normalized spacial score (nSPS) is 21.0. The van der Waals surface area contributed by atoms with Crippen LogP contribution in [0.4, 0.5) is 5.82 Å². The lowest BCUT2D eigenvalue weighted by Gasteiger charge is -2.19. The predicted molar refractivity (Wildman–Crippen MR) is 63.9 cm³/mol. The van der Waals surface area contributed by atoms with Crippen molar-refractivity contribution in [3.05, 3.63) is 22.3 Å². The lowest BCUT2D eigenvalue weighted by molar-refractivity contribution is 0.281. The summed E-state index contributed by atoms with van der Waals surface area (Å²) >= 11 is 3.37. The fourth-order valence-electron chi connectivity index (χ4n) is 2.00. The minimum absolute atomic E-state index is 0.0483. The Morgan fingerprint density at radius 1 is 1.67 bits per heavy atom. The summed E-state index contributed by atoms with van der Waals surface area (Å²) in [5.74, 6) is 1.66. The molecule has 0 saturated carbocycles. The van der Waals surface area contributed by atoms with E-state index in [-0.39, 0.29) is 6.61 Å². The van der Waals surface area contributed by atoms with Crippen LogP contribution in [0.15, 0.2) is 16.7 Å². The number of halogens is 1. The van der Waals surface area contributed by atoms with Crippen molar-refractivity contribution in [1.29, 1.82) is 0 Å². The maximum Gasteiger partial charge on any atom is 0.134 e. The van der Waals surface area contributed by atoms with Crippen LogP contribution in [0.25, 0.3) is 0 Å².